The van der Waals surface area contributed by atoms with Crippen molar-refractivity contribution in [1.29, 1.82) is 0 Å². The second-order valence-corrected chi connectivity index (χ2v) is 2.83. The molecule has 1 unspecified atom stereocenters. The summed E-state index contributed by atoms with van der Waals surface area (Å²) in [5.41, 5.74) is 0. The predicted molar refractivity (Wildman–Crippen MR) is 47.2 cm³/mol. The van der Waals surface area contributed by atoms with Gasteiger partial charge >= 0.3 is 0 Å². The lowest BCUT2D eigenvalue weighted by molar-refractivity contribution is 0.288. The van der Waals surface area contributed by atoms with Gasteiger partial charge in [-0.05, 0) is 33.9 Å². The van der Waals surface area contributed by atoms with Gasteiger partial charge in [-0.3, -0.25) is 0 Å². The van der Waals surface area contributed by atoms with Crippen LogP contribution in [0.1, 0.15) is 26.7 Å². The maximum atomic E-state index is 2.28. The molecule has 0 spiro atoms. The number of hydrogen-bond acceptors (Lipinski definition) is 1. The summed E-state index contributed by atoms with van der Waals surface area (Å²) in [7, 11) is 4.27. The second kappa shape index (κ2) is 5.48. The van der Waals surface area contributed by atoms with E-state index >= 15 is 0 Å². The third kappa shape index (κ3) is 3.67. The third-order valence-corrected chi connectivity index (χ3v) is 1.85. The Bertz CT molecular complexity index is 94.9. The quantitative estimate of drug-likeness (QED) is 0.543. The summed E-state index contributed by atoms with van der Waals surface area (Å²) in [5.74, 6) is 0. The molecule has 0 amide bonds. The van der Waals surface area contributed by atoms with Gasteiger partial charge in [0.2, 0.25) is 0 Å². The highest BCUT2D eigenvalue weighted by Gasteiger charge is 2.04. The fraction of sp³-hybridized carbons (Fsp3) is 0.778. The first-order valence-electron chi connectivity index (χ1n) is 4.00. The van der Waals surface area contributed by atoms with E-state index in [0.717, 1.165) is 6.04 Å². The zero-order valence-corrected chi connectivity index (χ0v) is 7.59. The van der Waals surface area contributed by atoms with E-state index in [2.05, 4.69) is 45.0 Å². The van der Waals surface area contributed by atoms with Crippen molar-refractivity contribution >= 4 is 0 Å². The number of hydrogen-bond donors (Lipinski definition) is 0. The average molecular weight is 141 g/mol. The van der Waals surface area contributed by atoms with E-state index in [1.54, 1.807) is 0 Å². The van der Waals surface area contributed by atoms with E-state index in [1.165, 1.54) is 12.8 Å². The van der Waals surface area contributed by atoms with Crippen LogP contribution in [-0.4, -0.2) is 25.0 Å². The maximum Gasteiger partial charge on any atom is 0.0121 e. The summed E-state index contributed by atoms with van der Waals surface area (Å²) in [4.78, 5) is 2.28. The first kappa shape index (κ1) is 9.70. The lowest BCUT2D eigenvalue weighted by Gasteiger charge is -2.20. The first-order valence-corrected chi connectivity index (χ1v) is 4.00. The van der Waals surface area contributed by atoms with Crippen LogP contribution in [0.4, 0.5) is 0 Å². The van der Waals surface area contributed by atoms with Crippen LogP contribution in [0.3, 0.4) is 0 Å². The van der Waals surface area contributed by atoms with Crippen molar-refractivity contribution in [2.75, 3.05) is 14.1 Å². The van der Waals surface area contributed by atoms with Crippen molar-refractivity contribution in [3.63, 3.8) is 0 Å². The number of allylic oxidation sites excluding steroid dienone is 1. The summed E-state index contributed by atoms with van der Waals surface area (Å²) in [6, 6.07) is 0.719. The molecule has 10 heavy (non-hydrogen) atoms. The van der Waals surface area contributed by atoms with Crippen molar-refractivity contribution in [2.24, 2.45) is 0 Å². The zero-order valence-electron chi connectivity index (χ0n) is 7.59. The number of rotatable bonds is 4. The molecule has 0 fully saturated rings. The molecule has 0 aromatic heterocycles. The van der Waals surface area contributed by atoms with Gasteiger partial charge in [-0.15, -0.1) is 0 Å². The Kier molecular flexibility index (Phi) is 5.32. The van der Waals surface area contributed by atoms with Crippen LogP contribution in [0.2, 0.25) is 0 Å². The maximum absolute atomic E-state index is 2.28. The Balaban J connectivity index is 3.60. The fourth-order valence-electron chi connectivity index (χ4n) is 1.04. The van der Waals surface area contributed by atoms with Gasteiger partial charge in [-0.25, -0.2) is 0 Å². The Morgan fingerprint density at radius 2 is 2.00 bits per heavy atom. The van der Waals surface area contributed by atoms with E-state index in [9.17, 15) is 0 Å². The molecule has 0 aliphatic carbocycles. The highest BCUT2D eigenvalue weighted by molar-refractivity contribution is 4.82. The molecule has 0 aromatic rings. The molecule has 0 aromatic carbocycles. The molecule has 0 bridgehead atoms. The minimum atomic E-state index is 0.719. The lowest BCUT2D eigenvalue weighted by Crippen LogP contribution is -2.26. The van der Waals surface area contributed by atoms with Gasteiger partial charge in [-0.1, -0.05) is 19.1 Å². The lowest BCUT2D eigenvalue weighted by atomic mass is 10.1. The summed E-state index contributed by atoms with van der Waals surface area (Å²) < 4.78 is 0. The average Bonchev–Trinajstić information content (AvgIpc) is 1.89. The molecule has 0 saturated heterocycles. The monoisotopic (exact) mass is 141 g/mol. The van der Waals surface area contributed by atoms with E-state index in [1.807, 2.05) is 0 Å². The molecule has 0 rings (SSSR count). The highest BCUT2D eigenvalue weighted by Crippen LogP contribution is 2.04. The molecule has 0 aliphatic heterocycles. The van der Waals surface area contributed by atoms with Gasteiger partial charge in [0.05, 0.1) is 0 Å². The largest absolute Gasteiger partial charge is 0.306 e. The van der Waals surface area contributed by atoms with Crippen LogP contribution >= 0.6 is 0 Å². The SMILES string of the molecule is CC=CCC(CC)N(C)C. The molecule has 0 N–H and O–H groups in total. The molecule has 0 aliphatic rings. The minimum absolute atomic E-state index is 0.719. The van der Waals surface area contributed by atoms with Crippen molar-refractivity contribution < 1.29 is 0 Å². The summed E-state index contributed by atoms with van der Waals surface area (Å²) in [5, 5.41) is 0. The molecule has 0 saturated carbocycles. The van der Waals surface area contributed by atoms with E-state index in [4.69, 9.17) is 0 Å². The van der Waals surface area contributed by atoms with Gasteiger partial charge in [0, 0.05) is 6.04 Å². The normalized spacial score (nSPS) is 14.9. The van der Waals surface area contributed by atoms with Gasteiger partial charge < -0.3 is 4.90 Å². The Hall–Kier alpha value is -0.300. The van der Waals surface area contributed by atoms with Crippen molar-refractivity contribution in [2.45, 2.75) is 32.7 Å². The van der Waals surface area contributed by atoms with Crippen LogP contribution in [-0.2, 0) is 0 Å². The predicted octanol–water partition coefficient (Wildman–Crippen LogP) is 2.29. The molecule has 0 heterocycles. The highest BCUT2D eigenvalue weighted by atomic mass is 15.1. The van der Waals surface area contributed by atoms with E-state index in [-0.39, 0.29) is 0 Å². The smallest absolute Gasteiger partial charge is 0.0121 e. The Morgan fingerprint density at radius 3 is 2.30 bits per heavy atom. The second-order valence-electron chi connectivity index (χ2n) is 2.83. The third-order valence-electron chi connectivity index (χ3n) is 1.85. The molecule has 0 radical (unpaired) electrons. The molecular weight excluding hydrogens is 122 g/mol. The van der Waals surface area contributed by atoms with Crippen LogP contribution in [0, 0.1) is 0 Å². The molecule has 60 valence electrons. The molecular formula is C9H19N. The van der Waals surface area contributed by atoms with Crippen molar-refractivity contribution in [3.8, 4) is 0 Å². The molecule has 1 atom stereocenters. The van der Waals surface area contributed by atoms with Gasteiger partial charge in [0.15, 0.2) is 0 Å². The van der Waals surface area contributed by atoms with Crippen LogP contribution in [0.5, 0.6) is 0 Å². The van der Waals surface area contributed by atoms with Gasteiger partial charge in [0.1, 0.15) is 0 Å². The van der Waals surface area contributed by atoms with Crippen LogP contribution in [0.25, 0.3) is 0 Å². The van der Waals surface area contributed by atoms with Crippen molar-refractivity contribution in [1.82, 2.24) is 4.90 Å². The summed E-state index contributed by atoms with van der Waals surface area (Å²) in [6.07, 6.45) is 6.76. The molecule has 1 nitrogen and oxygen atoms in total. The topological polar surface area (TPSA) is 3.24 Å². The first-order chi connectivity index (χ1) is 4.72. The van der Waals surface area contributed by atoms with Crippen LogP contribution < -0.4 is 0 Å². The summed E-state index contributed by atoms with van der Waals surface area (Å²) in [6.45, 7) is 4.30. The number of nitrogens with zero attached hydrogens (tertiary/aromatic N) is 1. The minimum Gasteiger partial charge on any atom is -0.306 e. The standard InChI is InChI=1S/C9H19N/c1-5-7-8-9(6-2)10(3)4/h5,7,9H,6,8H2,1-4H3. The van der Waals surface area contributed by atoms with Gasteiger partial charge in [-0.2, -0.15) is 0 Å². The van der Waals surface area contributed by atoms with E-state index in [0.29, 0.717) is 0 Å². The van der Waals surface area contributed by atoms with Crippen LogP contribution in [0.15, 0.2) is 12.2 Å². The van der Waals surface area contributed by atoms with Crippen molar-refractivity contribution in [3.05, 3.63) is 12.2 Å². The van der Waals surface area contributed by atoms with Gasteiger partial charge in [0.25, 0.3) is 0 Å². The fourth-order valence-corrected chi connectivity index (χ4v) is 1.04. The zero-order chi connectivity index (χ0) is 7.98. The Labute approximate surface area is 64.7 Å². The summed E-state index contributed by atoms with van der Waals surface area (Å²) >= 11 is 0. The molecule has 1 heteroatoms. The van der Waals surface area contributed by atoms with E-state index < -0.39 is 0 Å². The Morgan fingerprint density at radius 1 is 1.40 bits per heavy atom.